The highest BCUT2D eigenvalue weighted by molar-refractivity contribution is 7.14. The largest absolute Gasteiger partial charge is 0.439 e. The Labute approximate surface area is 222 Å². The molecule has 3 heterocycles. The van der Waals surface area contributed by atoms with Gasteiger partial charge in [-0.1, -0.05) is 18.2 Å². The van der Waals surface area contributed by atoms with E-state index < -0.39 is 17.8 Å². The van der Waals surface area contributed by atoms with E-state index in [0.29, 0.717) is 33.7 Å². The Morgan fingerprint density at radius 3 is 2.66 bits per heavy atom. The van der Waals surface area contributed by atoms with Crippen molar-refractivity contribution in [2.24, 2.45) is 0 Å². The van der Waals surface area contributed by atoms with Crippen LogP contribution in [0.25, 0.3) is 11.0 Å². The summed E-state index contributed by atoms with van der Waals surface area (Å²) in [5.41, 5.74) is 1.38. The maximum absolute atomic E-state index is 13.1. The lowest BCUT2D eigenvalue weighted by atomic mass is 10.1. The molecule has 196 valence electrons. The number of thiophene rings is 1. The first-order valence-electron chi connectivity index (χ1n) is 12.0. The molecule has 0 radical (unpaired) electrons. The van der Waals surface area contributed by atoms with Gasteiger partial charge in [0.2, 0.25) is 5.95 Å². The first-order chi connectivity index (χ1) is 18.1. The predicted octanol–water partition coefficient (Wildman–Crippen LogP) is 4.18. The van der Waals surface area contributed by atoms with E-state index in [1.807, 2.05) is 24.3 Å². The number of imidazole rings is 1. The number of ether oxygens (including phenoxy) is 1. The minimum atomic E-state index is -1.08. The summed E-state index contributed by atoms with van der Waals surface area (Å²) >= 11 is 1.23. The van der Waals surface area contributed by atoms with Gasteiger partial charge >= 0.3 is 6.09 Å². The summed E-state index contributed by atoms with van der Waals surface area (Å²) in [4.78, 5) is 44.8. The molecule has 1 unspecified atom stereocenters. The molecule has 2 aromatic carbocycles. The molecular weight excluding hydrogens is 506 g/mol. The molecule has 1 atom stereocenters. The van der Waals surface area contributed by atoms with Gasteiger partial charge in [-0.3, -0.25) is 14.9 Å². The molecule has 38 heavy (non-hydrogen) atoms. The summed E-state index contributed by atoms with van der Waals surface area (Å²) in [5, 5.41) is 16.0. The number of amides is 3. The van der Waals surface area contributed by atoms with E-state index in [9.17, 15) is 19.5 Å². The zero-order valence-electron chi connectivity index (χ0n) is 21.1. The molecule has 0 bridgehead atoms. The number of hydrogen-bond donors (Lipinski definition) is 3. The van der Waals surface area contributed by atoms with Gasteiger partial charge in [-0.2, -0.15) is 0 Å². The average Bonchev–Trinajstić information content (AvgIpc) is 3.62. The van der Waals surface area contributed by atoms with Crippen molar-refractivity contribution in [2.75, 3.05) is 23.8 Å². The Bertz CT molecular complexity index is 1520. The fraction of sp³-hybridized carbons (Fsp3) is 0.259. The monoisotopic (exact) mass is 533 g/mol. The molecule has 3 amide bonds. The maximum Gasteiger partial charge on any atom is 0.407 e. The van der Waals surface area contributed by atoms with Crippen LogP contribution >= 0.6 is 11.3 Å². The van der Waals surface area contributed by atoms with Crippen LogP contribution in [0.4, 0.5) is 16.4 Å². The van der Waals surface area contributed by atoms with Crippen molar-refractivity contribution in [2.45, 2.75) is 32.1 Å². The highest BCUT2D eigenvalue weighted by Gasteiger charge is 2.27. The molecule has 1 aliphatic rings. The fourth-order valence-corrected chi connectivity index (χ4v) is 5.15. The van der Waals surface area contributed by atoms with Gasteiger partial charge in [-0.25, -0.2) is 9.78 Å². The Kier molecular flexibility index (Phi) is 6.64. The highest BCUT2D eigenvalue weighted by Crippen LogP contribution is 2.30. The standard InChI is InChI=1S/C27H27N5O5S/c1-27(2,36)15-32-19-10-9-17(31(3)24(34)16-7-5-4-6-8-16)13-18(19)29-25(32)30-23(33)22-12-11-21(38-22)20-14-28-26(35)37-20/h4-13,20,36H,14-15H2,1-3H3,(H,28,35)(H,29,30,33). The first-order valence-corrected chi connectivity index (χ1v) is 12.8. The number of nitrogens with one attached hydrogen (secondary N) is 2. The summed E-state index contributed by atoms with van der Waals surface area (Å²) in [6.07, 6.45) is -0.909. The molecule has 1 aliphatic heterocycles. The fourth-order valence-electron chi connectivity index (χ4n) is 4.22. The van der Waals surface area contributed by atoms with Crippen molar-refractivity contribution in [3.63, 3.8) is 0 Å². The smallest absolute Gasteiger partial charge is 0.407 e. The van der Waals surface area contributed by atoms with Crippen molar-refractivity contribution in [3.05, 3.63) is 76.0 Å². The van der Waals surface area contributed by atoms with E-state index in [0.717, 1.165) is 4.88 Å². The molecule has 4 aromatic rings. The lowest BCUT2D eigenvalue weighted by molar-refractivity contribution is 0.0630. The Morgan fingerprint density at radius 1 is 1.21 bits per heavy atom. The topological polar surface area (TPSA) is 126 Å². The third kappa shape index (κ3) is 5.24. The zero-order chi connectivity index (χ0) is 27.0. The zero-order valence-corrected chi connectivity index (χ0v) is 21.9. The van der Waals surface area contributed by atoms with Crippen LogP contribution in [0.2, 0.25) is 0 Å². The van der Waals surface area contributed by atoms with E-state index in [1.54, 1.807) is 66.8 Å². The molecule has 0 spiro atoms. The van der Waals surface area contributed by atoms with Crippen LogP contribution in [-0.4, -0.2) is 51.8 Å². The van der Waals surface area contributed by atoms with Gasteiger partial charge in [-0.05, 0) is 56.3 Å². The van der Waals surface area contributed by atoms with Gasteiger partial charge in [0, 0.05) is 23.2 Å². The highest BCUT2D eigenvalue weighted by atomic mass is 32.1. The summed E-state index contributed by atoms with van der Waals surface area (Å²) < 4.78 is 6.95. The van der Waals surface area contributed by atoms with Gasteiger partial charge in [0.05, 0.1) is 34.6 Å². The molecule has 10 nitrogen and oxygen atoms in total. The van der Waals surface area contributed by atoms with Gasteiger partial charge in [0.25, 0.3) is 11.8 Å². The second-order valence-corrected chi connectivity index (χ2v) is 10.8. The van der Waals surface area contributed by atoms with Gasteiger partial charge < -0.3 is 24.6 Å². The number of carbonyl (C=O) groups is 3. The van der Waals surface area contributed by atoms with Crippen LogP contribution in [0.5, 0.6) is 0 Å². The summed E-state index contributed by atoms with van der Waals surface area (Å²) in [6, 6.07) is 17.8. The predicted molar refractivity (Wildman–Crippen MR) is 145 cm³/mol. The Morgan fingerprint density at radius 2 is 1.97 bits per heavy atom. The molecule has 0 aliphatic carbocycles. The van der Waals surface area contributed by atoms with Crippen LogP contribution < -0.4 is 15.5 Å². The lowest BCUT2D eigenvalue weighted by Crippen LogP contribution is -2.27. The van der Waals surface area contributed by atoms with E-state index in [-0.39, 0.29) is 24.3 Å². The number of rotatable bonds is 7. The number of cyclic esters (lactones) is 1. The first kappa shape index (κ1) is 25.4. The molecule has 2 aromatic heterocycles. The van der Waals surface area contributed by atoms with Crippen molar-refractivity contribution >= 4 is 51.9 Å². The summed E-state index contributed by atoms with van der Waals surface area (Å²) in [5.74, 6) is -0.265. The summed E-state index contributed by atoms with van der Waals surface area (Å²) in [6.45, 7) is 3.88. The molecule has 5 rings (SSSR count). The number of aliphatic hydroxyl groups is 1. The number of carbonyl (C=O) groups excluding carboxylic acids is 3. The third-order valence-electron chi connectivity index (χ3n) is 6.06. The number of aromatic nitrogens is 2. The Hall–Kier alpha value is -4.22. The molecular formula is C27H27N5O5S. The van der Waals surface area contributed by atoms with Gasteiger partial charge in [0.1, 0.15) is 0 Å². The summed E-state index contributed by atoms with van der Waals surface area (Å²) in [7, 11) is 1.69. The minimum Gasteiger partial charge on any atom is -0.439 e. The number of nitrogens with zero attached hydrogens (tertiary/aromatic N) is 3. The molecule has 3 N–H and O–H groups in total. The average molecular weight is 534 g/mol. The Balaban J connectivity index is 1.44. The van der Waals surface area contributed by atoms with Crippen molar-refractivity contribution in [3.8, 4) is 0 Å². The van der Waals surface area contributed by atoms with Crippen molar-refractivity contribution in [1.29, 1.82) is 0 Å². The number of fused-ring (bicyclic) bond motifs is 1. The van der Waals surface area contributed by atoms with Gasteiger partial charge in [0.15, 0.2) is 6.10 Å². The van der Waals surface area contributed by atoms with E-state index >= 15 is 0 Å². The molecule has 1 saturated heterocycles. The van der Waals surface area contributed by atoms with E-state index in [1.165, 1.54) is 11.3 Å². The SMILES string of the molecule is CN(C(=O)c1ccccc1)c1ccc2c(c1)nc(NC(=O)c1ccc(C3CNC(=O)O3)s1)n2CC(C)(C)O. The van der Waals surface area contributed by atoms with Crippen LogP contribution in [0, 0.1) is 0 Å². The van der Waals surface area contributed by atoms with Crippen molar-refractivity contribution < 1.29 is 24.2 Å². The lowest BCUT2D eigenvalue weighted by Gasteiger charge is -2.20. The molecule has 1 fully saturated rings. The second kappa shape index (κ2) is 9.92. The normalized spacial score (nSPS) is 15.3. The minimum absolute atomic E-state index is 0.161. The number of alkyl carbamates (subject to hydrolysis) is 1. The van der Waals surface area contributed by atoms with Crippen molar-refractivity contribution in [1.82, 2.24) is 14.9 Å². The van der Waals surface area contributed by atoms with E-state index in [2.05, 4.69) is 15.6 Å². The molecule has 0 saturated carbocycles. The number of anilines is 2. The number of benzene rings is 2. The molecule has 11 heteroatoms. The maximum atomic E-state index is 13.1. The van der Waals surface area contributed by atoms with Crippen LogP contribution in [0.15, 0.2) is 60.7 Å². The number of hydrogen-bond acceptors (Lipinski definition) is 7. The quantitative estimate of drug-likeness (QED) is 0.327. The van der Waals surface area contributed by atoms with Crippen LogP contribution in [-0.2, 0) is 11.3 Å². The second-order valence-electron chi connectivity index (χ2n) is 9.67. The van der Waals surface area contributed by atoms with Crippen LogP contribution in [0.1, 0.15) is 44.9 Å². The van der Waals surface area contributed by atoms with Crippen LogP contribution in [0.3, 0.4) is 0 Å². The van der Waals surface area contributed by atoms with E-state index in [4.69, 9.17) is 4.74 Å². The third-order valence-corrected chi connectivity index (χ3v) is 7.24. The van der Waals surface area contributed by atoms with Gasteiger partial charge in [-0.15, -0.1) is 11.3 Å².